The number of ether oxygens (including phenoxy) is 1. The number of rotatable bonds is 8. The molecule has 0 aliphatic carbocycles. The topological polar surface area (TPSA) is 47.3 Å². The van der Waals surface area contributed by atoms with Gasteiger partial charge in [0.1, 0.15) is 5.75 Å². The Morgan fingerprint density at radius 1 is 1.21 bits per heavy atom. The van der Waals surface area contributed by atoms with E-state index in [0.717, 1.165) is 19.3 Å². The summed E-state index contributed by atoms with van der Waals surface area (Å²) in [6.45, 7) is 1.48. The number of para-hydroxylation sites is 1. The van der Waals surface area contributed by atoms with Gasteiger partial charge in [-0.15, -0.1) is 0 Å². The van der Waals surface area contributed by atoms with Crippen LogP contribution in [0.25, 0.3) is 0 Å². The highest BCUT2D eigenvalue weighted by atomic mass is 19.3. The predicted octanol–water partition coefficient (Wildman–Crippen LogP) is 3.62. The summed E-state index contributed by atoms with van der Waals surface area (Å²) in [5.74, 6) is 6.33. The van der Waals surface area contributed by atoms with Crippen molar-refractivity contribution in [2.45, 2.75) is 45.8 Å². The molecular formula is C14H22F2N2O. The summed E-state index contributed by atoms with van der Waals surface area (Å²) in [4.78, 5) is 0. The third-order valence-electron chi connectivity index (χ3n) is 2.99. The number of hydrogen-bond acceptors (Lipinski definition) is 3. The lowest BCUT2D eigenvalue weighted by Gasteiger charge is -2.20. The second-order valence-electron chi connectivity index (χ2n) is 4.96. The largest absolute Gasteiger partial charge is 0.434 e. The SMILES string of the molecule is CC(C)CCCC(NN)c1ccccc1OC(F)F. The Hall–Kier alpha value is -1.20. The minimum absolute atomic E-state index is 0.172. The number of hydrogen-bond donors (Lipinski definition) is 2. The summed E-state index contributed by atoms with van der Waals surface area (Å²) in [6.07, 6.45) is 2.85. The maximum atomic E-state index is 12.4. The van der Waals surface area contributed by atoms with Crippen molar-refractivity contribution in [3.8, 4) is 5.75 Å². The molecule has 3 N–H and O–H groups in total. The average molecular weight is 272 g/mol. The summed E-state index contributed by atoms with van der Waals surface area (Å²) < 4.78 is 29.2. The fourth-order valence-corrected chi connectivity index (χ4v) is 2.03. The maximum Gasteiger partial charge on any atom is 0.387 e. The molecule has 0 saturated carbocycles. The van der Waals surface area contributed by atoms with Crippen molar-refractivity contribution < 1.29 is 13.5 Å². The zero-order valence-corrected chi connectivity index (χ0v) is 11.4. The number of hydrazine groups is 1. The molecule has 3 nitrogen and oxygen atoms in total. The molecule has 5 heteroatoms. The summed E-state index contributed by atoms with van der Waals surface area (Å²) in [5, 5.41) is 0. The van der Waals surface area contributed by atoms with Gasteiger partial charge in [0, 0.05) is 11.6 Å². The molecule has 1 atom stereocenters. The van der Waals surface area contributed by atoms with Crippen molar-refractivity contribution in [3.05, 3.63) is 29.8 Å². The summed E-state index contributed by atoms with van der Waals surface area (Å²) >= 11 is 0. The van der Waals surface area contributed by atoms with Crippen molar-refractivity contribution >= 4 is 0 Å². The van der Waals surface area contributed by atoms with Gasteiger partial charge in [-0.3, -0.25) is 11.3 Å². The minimum Gasteiger partial charge on any atom is -0.434 e. The highest BCUT2D eigenvalue weighted by Gasteiger charge is 2.16. The van der Waals surface area contributed by atoms with Crippen LogP contribution in [0.15, 0.2) is 24.3 Å². The van der Waals surface area contributed by atoms with Gasteiger partial charge in [-0.1, -0.05) is 44.9 Å². The van der Waals surface area contributed by atoms with Crippen LogP contribution in [0, 0.1) is 5.92 Å². The van der Waals surface area contributed by atoms with Crippen LogP contribution < -0.4 is 16.0 Å². The Balaban J connectivity index is 2.73. The smallest absolute Gasteiger partial charge is 0.387 e. The van der Waals surface area contributed by atoms with Gasteiger partial charge in [0.05, 0.1) is 0 Å². The van der Waals surface area contributed by atoms with Crippen LogP contribution >= 0.6 is 0 Å². The summed E-state index contributed by atoms with van der Waals surface area (Å²) in [5.41, 5.74) is 3.36. The van der Waals surface area contributed by atoms with Crippen LogP contribution in [0.3, 0.4) is 0 Å². The Kier molecular flexibility index (Phi) is 6.73. The molecule has 108 valence electrons. The molecular weight excluding hydrogens is 250 g/mol. The maximum absolute atomic E-state index is 12.4. The van der Waals surface area contributed by atoms with Crippen LogP contribution in [0.2, 0.25) is 0 Å². The second kappa shape index (κ2) is 8.07. The minimum atomic E-state index is -2.82. The van der Waals surface area contributed by atoms with Gasteiger partial charge in [0.25, 0.3) is 0 Å². The quantitative estimate of drug-likeness (QED) is 0.561. The first-order valence-corrected chi connectivity index (χ1v) is 6.54. The molecule has 1 rings (SSSR count). The fourth-order valence-electron chi connectivity index (χ4n) is 2.03. The number of nitrogens with one attached hydrogen (secondary N) is 1. The van der Waals surface area contributed by atoms with Crippen LogP contribution in [-0.4, -0.2) is 6.61 Å². The molecule has 0 fully saturated rings. The number of nitrogens with two attached hydrogens (primary N) is 1. The molecule has 0 aromatic heterocycles. The second-order valence-corrected chi connectivity index (χ2v) is 4.96. The van der Waals surface area contributed by atoms with E-state index >= 15 is 0 Å². The van der Waals surface area contributed by atoms with Gasteiger partial charge in [0.15, 0.2) is 0 Å². The molecule has 1 aromatic carbocycles. The number of alkyl halides is 2. The predicted molar refractivity (Wildman–Crippen MR) is 71.8 cm³/mol. The van der Waals surface area contributed by atoms with Gasteiger partial charge in [-0.2, -0.15) is 8.78 Å². The lowest BCUT2D eigenvalue weighted by atomic mass is 9.98. The molecule has 0 bridgehead atoms. The Labute approximate surface area is 113 Å². The van der Waals surface area contributed by atoms with Crippen molar-refractivity contribution in [1.82, 2.24) is 5.43 Å². The molecule has 0 radical (unpaired) electrons. The fraction of sp³-hybridized carbons (Fsp3) is 0.571. The van der Waals surface area contributed by atoms with E-state index in [1.54, 1.807) is 18.2 Å². The van der Waals surface area contributed by atoms with Crippen LogP contribution in [0.5, 0.6) is 5.75 Å². The Morgan fingerprint density at radius 3 is 2.47 bits per heavy atom. The van der Waals surface area contributed by atoms with E-state index in [1.807, 2.05) is 0 Å². The highest BCUT2D eigenvalue weighted by molar-refractivity contribution is 5.35. The normalized spacial score (nSPS) is 13.0. The molecule has 1 aromatic rings. The van der Waals surface area contributed by atoms with Crippen LogP contribution in [0.4, 0.5) is 8.78 Å². The monoisotopic (exact) mass is 272 g/mol. The standard InChI is InChI=1S/C14H22F2N2O/c1-10(2)6-5-8-12(18-17)11-7-3-4-9-13(11)19-14(15)16/h3-4,7,9-10,12,14,18H,5-6,8,17H2,1-2H3. The van der Waals surface area contributed by atoms with Crippen LogP contribution in [-0.2, 0) is 0 Å². The van der Waals surface area contributed by atoms with Gasteiger partial charge in [0.2, 0.25) is 0 Å². The van der Waals surface area contributed by atoms with E-state index in [4.69, 9.17) is 5.84 Å². The van der Waals surface area contributed by atoms with Crippen molar-refractivity contribution in [2.24, 2.45) is 11.8 Å². The van der Waals surface area contributed by atoms with Crippen molar-refractivity contribution in [3.63, 3.8) is 0 Å². The first kappa shape index (κ1) is 15.9. The molecule has 0 spiro atoms. The molecule has 0 amide bonds. The summed E-state index contributed by atoms with van der Waals surface area (Å²) in [6, 6.07) is 6.59. The van der Waals surface area contributed by atoms with Gasteiger partial charge >= 0.3 is 6.61 Å². The lowest BCUT2D eigenvalue weighted by molar-refractivity contribution is -0.0507. The van der Waals surface area contributed by atoms with E-state index < -0.39 is 6.61 Å². The summed E-state index contributed by atoms with van der Waals surface area (Å²) in [7, 11) is 0. The van der Waals surface area contributed by atoms with E-state index in [2.05, 4.69) is 24.0 Å². The zero-order chi connectivity index (χ0) is 14.3. The third-order valence-corrected chi connectivity index (χ3v) is 2.99. The molecule has 0 aliphatic rings. The van der Waals surface area contributed by atoms with Crippen molar-refractivity contribution in [1.29, 1.82) is 0 Å². The van der Waals surface area contributed by atoms with E-state index in [9.17, 15) is 8.78 Å². The Bertz CT molecular complexity index is 372. The zero-order valence-electron chi connectivity index (χ0n) is 11.4. The highest BCUT2D eigenvalue weighted by Crippen LogP contribution is 2.29. The average Bonchev–Trinajstić information content (AvgIpc) is 2.35. The van der Waals surface area contributed by atoms with Gasteiger partial charge < -0.3 is 4.74 Å². The first-order valence-electron chi connectivity index (χ1n) is 6.54. The molecule has 1 unspecified atom stereocenters. The number of halogens is 2. The number of benzene rings is 1. The van der Waals surface area contributed by atoms with E-state index in [-0.39, 0.29) is 11.8 Å². The van der Waals surface area contributed by atoms with Gasteiger partial charge in [-0.05, 0) is 18.4 Å². The lowest BCUT2D eigenvalue weighted by Crippen LogP contribution is -2.28. The molecule has 19 heavy (non-hydrogen) atoms. The van der Waals surface area contributed by atoms with E-state index in [0.29, 0.717) is 11.5 Å². The third kappa shape index (κ3) is 5.53. The molecule has 0 heterocycles. The Morgan fingerprint density at radius 2 is 1.89 bits per heavy atom. The van der Waals surface area contributed by atoms with Crippen LogP contribution in [0.1, 0.15) is 44.7 Å². The molecule has 0 aliphatic heterocycles. The van der Waals surface area contributed by atoms with Crippen molar-refractivity contribution in [2.75, 3.05) is 0 Å². The van der Waals surface area contributed by atoms with E-state index in [1.165, 1.54) is 6.07 Å². The first-order chi connectivity index (χ1) is 9.04. The van der Waals surface area contributed by atoms with Gasteiger partial charge in [-0.25, -0.2) is 0 Å². The molecule has 0 saturated heterocycles.